The molecule has 0 fully saturated rings. The van der Waals surface area contributed by atoms with Crippen LogP contribution in [0.2, 0.25) is 0 Å². The highest BCUT2D eigenvalue weighted by Gasteiger charge is 2.25. The van der Waals surface area contributed by atoms with Gasteiger partial charge in [-0.2, -0.15) is 0 Å². The van der Waals surface area contributed by atoms with E-state index in [0.29, 0.717) is 12.8 Å². The molecule has 0 aliphatic heterocycles. The van der Waals surface area contributed by atoms with E-state index < -0.39 is 32.5 Å². The zero-order chi connectivity index (χ0) is 43.2. The normalized spacial score (nSPS) is 14.3. The van der Waals surface area contributed by atoms with Gasteiger partial charge in [-0.05, 0) is 96.3 Å². The fraction of sp³-hybridized carbons (Fsp3) is 0.592. The summed E-state index contributed by atoms with van der Waals surface area (Å²) in [7, 11) is -4.41. The van der Waals surface area contributed by atoms with Crippen LogP contribution in [0.25, 0.3) is 0 Å². The molecule has 0 aliphatic rings. The predicted molar refractivity (Wildman–Crippen MR) is 247 cm³/mol. The smallest absolute Gasteiger partial charge is 0.462 e. The summed E-state index contributed by atoms with van der Waals surface area (Å²) < 4.78 is 32.7. The molecule has 0 aromatic heterocycles. The number of ether oxygens (including phenoxy) is 2. The molecule has 1 unspecified atom stereocenters. The Labute approximate surface area is 359 Å². The van der Waals surface area contributed by atoms with Gasteiger partial charge in [-0.1, -0.05) is 155 Å². The molecule has 334 valence electrons. The second kappa shape index (κ2) is 44.2. The SMILES string of the molecule is CCCCC/C=C/C/C=C/C/C=C/C/C=C/C/C=C/CCC(=O)OC[C@H](COP(=O)(O)OCCN)OC(=O)CCCCC/C=C/C/C=C/C/C=C/C/C=C/CCCCC. The highest BCUT2D eigenvalue weighted by atomic mass is 31.2. The Morgan fingerprint density at radius 1 is 0.508 bits per heavy atom. The average molecular weight is 842 g/mol. The number of allylic oxidation sites excluding steroid dienone is 18. The highest BCUT2D eigenvalue weighted by molar-refractivity contribution is 7.47. The van der Waals surface area contributed by atoms with Crippen LogP contribution < -0.4 is 5.73 Å². The largest absolute Gasteiger partial charge is 0.472 e. The van der Waals surface area contributed by atoms with Gasteiger partial charge in [0.05, 0.1) is 13.2 Å². The van der Waals surface area contributed by atoms with Crippen molar-refractivity contribution in [1.82, 2.24) is 0 Å². The zero-order valence-electron chi connectivity index (χ0n) is 36.7. The number of nitrogens with two attached hydrogens (primary N) is 1. The van der Waals surface area contributed by atoms with Crippen LogP contribution in [0.5, 0.6) is 0 Å². The molecule has 3 N–H and O–H groups in total. The Hall–Kier alpha value is -3.33. The fourth-order valence-electron chi connectivity index (χ4n) is 5.30. The van der Waals surface area contributed by atoms with E-state index in [1.54, 1.807) is 0 Å². The van der Waals surface area contributed by atoms with Crippen molar-refractivity contribution in [2.45, 2.75) is 161 Å². The third-order valence-corrected chi connectivity index (χ3v) is 9.63. The molecule has 0 amide bonds. The van der Waals surface area contributed by atoms with Crippen molar-refractivity contribution < 1.29 is 37.6 Å². The molecule has 0 aromatic rings. The maximum absolute atomic E-state index is 12.6. The van der Waals surface area contributed by atoms with E-state index in [0.717, 1.165) is 64.2 Å². The number of phosphoric ester groups is 1. The number of carbonyl (C=O) groups is 2. The van der Waals surface area contributed by atoms with Crippen molar-refractivity contribution in [2.75, 3.05) is 26.4 Å². The minimum Gasteiger partial charge on any atom is -0.462 e. The van der Waals surface area contributed by atoms with Crippen LogP contribution in [0.3, 0.4) is 0 Å². The summed E-state index contributed by atoms with van der Waals surface area (Å²) in [6, 6.07) is 0. The molecule has 0 aromatic carbocycles. The van der Waals surface area contributed by atoms with Crippen LogP contribution in [0.4, 0.5) is 0 Å². The number of rotatable bonds is 40. The van der Waals surface area contributed by atoms with Crippen molar-refractivity contribution in [1.29, 1.82) is 0 Å². The second-order valence-corrected chi connectivity index (χ2v) is 15.7. The molecule has 0 bridgehead atoms. The average Bonchev–Trinajstić information content (AvgIpc) is 3.22. The minimum atomic E-state index is -4.41. The maximum Gasteiger partial charge on any atom is 0.472 e. The van der Waals surface area contributed by atoms with Gasteiger partial charge in [0, 0.05) is 19.4 Å². The first-order valence-corrected chi connectivity index (χ1v) is 23.9. The number of hydrogen-bond acceptors (Lipinski definition) is 8. The molecule has 0 spiro atoms. The molecule has 10 heteroatoms. The lowest BCUT2D eigenvalue weighted by Crippen LogP contribution is -2.29. The van der Waals surface area contributed by atoms with Gasteiger partial charge in [0.25, 0.3) is 0 Å². The standard InChI is InChI=1S/C49H80NO8P/c1-3-5-7-9-11-13-15-17-19-21-23-25-27-29-31-33-35-37-39-41-48(51)55-45-47(46-57-59(53,54)56-44-43-50)58-49(52)42-40-38-36-34-32-30-28-26-24-22-20-18-16-14-12-10-8-6-4-2/h11-14,17-20,23-26,29-32,35,37,47H,3-10,15-16,21-22,27-28,33-34,36,38-46,50H2,1-2H3,(H,53,54)/b13-11+,14-12+,19-17+,20-18+,25-23+,26-24+,31-29+,32-30+,37-35+/t47-/m1/s1. The van der Waals surface area contributed by atoms with Gasteiger partial charge >= 0.3 is 19.8 Å². The van der Waals surface area contributed by atoms with Gasteiger partial charge < -0.3 is 20.1 Å². The molecular weight excluding hydrogens is 762 g/mol. The molecule has 2 atom stereocenters. The maximum atomic E-state index is 12.6. The summed E-state index contributed by atoms with van der Waals surface area (Å²) in [5.41, 5.74) is 5.34. The van der Waals surface area contributed by atoms with E-state index in [9.17, 15) is 19.0 Å². The second-order valence-electron chi connectivity index (χ2n) is 14.2. The molecule has 0 heterocycles. The number of carbonyl (C=O) groups excluding carboxylic acids is 2. The Balaban J connectivity index is 4.36. The predicted octanol–water partition coefficient (Wildman–Crippen LogP) is 13.2. The van der Waals surface area contributed by atoms with Crippen molar-refractivity contribution in [2.24, 2.45) is 5.73 Å². The first-order chi connectivity index (χ1) is 28.8. The fourth-order valence-corrected chi connectivity index (χ4v) is 6.07. The van der Waals surface area contributed by atoms with Crippen molar-refractivity contribution in [3.63, 3.8) is 0 Å². The summed E-state index contributed by atoms with van der Waals surface area (Å²) in [5.74, 6) is -0.973. The first-order valence-electron chi connectivity index (χ1n) is 22.4. The number of unbranched alkanes of at least 4 members (excludes halogenated alkanes) is 9. The summed E-state index contributed by atoms with van der Waals surface area (Å²) in [6.45, 7) is 3.53. The Bertz CT molecular complexity index is 1330. The Morgan fingerprint density at radius 3 is 1.34 bits per heavy atom. The number of hydrogen-bond donors (Lipinski definition) is 2. The van der Waals surface area contributed by atoms with Crippen molar-refractivity contribution >= 4 is 19.8 Å². The van der Waals surface area contributed by atoms with Crippen LogP contribution >= 0.6 is 7.82 Å². The van der Waals surface area contributed by atoms with Crippen LogP contribution in [0.1, 0.15) is 155 Å². The van der Waals surface area contributed by atoms with Gasteiger partial charge in [0.1, 0.15) is 6.61 Å². The first kappa shape index (κ1) is 55.7. The van der Waals surface area contributed by atoms with Crippen LogP contribution in [-0.4, -0.2) is 49.3 Å². The van der Waals surface area contributed by atoms with E-state index in [2.05, 4.69) is 111 Å². The molecular formula is C49H80NO8P. The van der Waals surface area contributed by atoms with Crippen LogP contribution in [-0.2, 0) is 32.7 Å². The van der Waals surface area contributed by atoms with E-state index >= 15 is 0 Å². The zero-order valence-corrected chi connectivity index (χ0v) is 37.6. The summed E-state index contributed by atoms with van der Waals surface area (Å²) >= 11 is 0. The summed E-state index contributed by atoms with van der Waals surface area (Å²) in [4.78, 5) is 34.9. The summed E-state index contributed by atoms with van der Waals surface area (Å²) in [6.07, 6.45) is 58.4. The van der Waals surface area contributed by atoms with Crippen molar-refractivity contribution in [3.05, 3.63) is 109 Å². The summed E-state index contributed by atoms with van der Waals surface area (Å²) in [5, 5.41) is 0. The lowest BCUT2D eigenvalue weighted by atomic mass is 10.1. The van der Waals surface area contributed by atoms with Gasteiger partial charge in [-0.15, -0.1) is 0 Å². The Morgan fingerprint density at radius 2 is 0.915 bits per heavy atom. The van der Waals surface area contributed by atoms with Crippen LogP contribution in [0, 0.1) is 0 Å². The van der Waals surface area contributed by atoms with Crippen LogP contribution in [0.15, 0.2) is 109 Å². The van der Waals surface area contributed by atoms with E-state index in [1.807, 2.05) is 12.2 Å². The molecule has 0 saturated carbocycles. The third kappa shape index (κ3) is 44.1. The van der Waals surface area contributed by atoms with Gasteiger partial charge in [-0.25, -0.2) is 4.57 Å². The highest BCUT2D eigenvalue weighted by Crippen LogP contribution is 2.43. The lowest BCUT2D eigenvalue weighted by Gasteiger charge is -2.19. The number of esters is 2. The molecule has 0 rings (SSSR count). The Kier molecular flexibility index (Phi) is 41.7. The van der Waals surface area contributed by atoms with Crippen molar-refractivity contribution in [3.8, 4) is 0 Å². The van der Waals surface area contributed by atoms with E-state index in [4.69, 9.17) is 24.3 Å². The monoisotopic (exact) mass is 842 g/mol. The molecule has 0 aliphatic carbocycles. The van der Waals surface area contributed by atoms with E-state index in [-0.39, 0.29) is 32.6 Å². The third-order valence-electron chi connectivity index (χ3n) is 8.64. The van der Waals surface area contributed by atoms with Gasteiger partial charge in [0.2, 0.25) is 0 Å². The molecule has 59 heavy (non-hydrogen) atoms. The van der Waals surface area contributed by atoms with Gasteiger partial charge in [0.15, 0.2) is 6.10 Å². The molecule has 0 radical (unpaired) electrons. The number of phosphoric acid groups is 1. The topological polar surface area (TPSA) is 134 Å². The quantitative estimate of drug-likeness (QED) is 0.0267. The molecule has 0 saturated heterocycles. The lowest BCUT2D eigenvalue weighted by molar-refractivity contribution is -0.161. The van der Waals surface area contributed by atoms with Gasteiger partial charge in [-0.3, -0.25) is 18.6 Å². The minimum absolute atomic E-state index is 0.0321. The molecule has 9 nitrogen and oxygen atoms in total. The van der Waals surface area contributed by atoms with E-state index in [1.165, 1.54) is 51.4 Å².